The number of piperazine rings is 1. The van der Waals surface area contributed by atoms with Gasteiger partial charge in [-0.2, -0.15) is 13.8 Å². The molecule has 0 aromatic carbocycles. The molecule has 0 saturated carbocycles. The van der Waals surface area contributed by atoms with Gasteiger partial charge in [0.25, 0.3) is 0 Å². The van der Waals surface area contributed by atoms with Gasteiger partial charge in [-0.1, -0.05) is 0 Å². The van der Waals surface area contributed by atoms with Crippen LogP contribution >= 0.6 is 0 Å². The summed E-state index contributed by atoms with van der Waals surface area (Å²) in [5, 5.41) is 0. The van der Waals surface area contributed by atoms with Gasteiger partial charge in [0, 0.05) is 64.9 Å². The third-order valence-corrected chi connectivity index (χ3v) is 2.45. The second-order valence-electron chi connectivity index (χ2n) is 4.05. The van der Waals surface area contributed by atoms with Gasteiger partial charge in [-0.25, -0.2) is 0 Å². The first-order chi connectivity index (χ1) is 6.65. The van der Waals surface area contributed by atoms with Crippen LogP contribution < -0.4 is 0 Å². The smallest absolute Gasteiger partial charge is 0.0112 e. The van der Waals surface area contributed by atoms with Crippen molar-refractivity contribution in [3.63, 3.8) is 0 Å². The molecule has 1 heterocycles. The predicted octanol–water partition coefficient (Wildman–Crippen LogP) is 2.07. The third-order valence-electron chi connectivity index (χ3n) is 2.45. The molecule has 0 aromatic heterocycles. The fourth-order valence-corrected chi connectivity index (χ4v) is 1.50. The molecule has 0 atom stereocenters. The summed E-state index contributed by atoms with van der Waals surface area (Å²) in [6.07, 6.45) is 2.00. The van der Waals surface area contributed by atoms with Crippen molar-refractivity contribution >= 4 is 0 Å². The van der Waals surface area contributed by atoms with E-state index in [1.54, 1.807) is 0 Å². The van der Waals surface area contributed by atoms with Crippen LogP contribution in [0.3, 0.4) is 0 Å². The molecule has 0 spiro atoms. The normalized spacial score (nSPS) is 18.0. The fourth-order valence-electron chi connectivity index (χ4n) is 1.50. The monoisotopic (exact) mass is 287 g/mol. The summed E-state index contributed by atoms with van der Waals surface area (Å²) < 4.78 is 0. The standard InChI is InChI=1S/C9H19N2.C3H7.Y/c1-4-10-5-7-11(8-6-10)9(2)3;1-3-2;/h9H,1,4-8H2,2-3H3;3H,1-2H3;/q2*-1;. The van der Waals surface area contributed by atoms with Gasteiger partial charge in [0.1, 0.15) is 0 Å². The minimum atomic E-state index is 0. The van der Waals surface area contributed by atoms with Gasteiger partial charge in [-0.15, -0.1) is 6.54 Å². The average molecular weight is 287 g/mol. The zero-order valence-electron chi connectivity index (χ0n) is 10.9. The van der Waals surface area contributed by atoms with Gasteiger partial charge in [0.05, 0.1) is 0 Å². The van der Waals surface area contributed by atoms with Crippen LogP contribution in [0.15, 0.2) is 0 Å². The first-order valence-corrected chi connectivity index (χ1v) is 5.65. The van der Waals surface area contributed by atoms with E-state index in [2.05, 4.69) is 30.6 Å². The van der Waals surface area contributed by atoms with E-state index in [-0.39, 0.29) is 32.7 Å². The van der Waals surface area contributed by atoms with Crippen LogP contribution in [-0.2, 0) is 32.7 Å². The summed E-state index contributed by atoms with van der Waals surface area (Å²) in [5.41, 5.74) is 0. The molecule has 15 heavy (non-hydrogen) atoms. The van der Waals surface area contributed by atoms with E-state index in [0.29, 0.717) is 6.04 Å². The van der Waals surface area contributed by atoms with E-state index in [9.17, 15) is 0 Å². The summed E-state index contributed by atoms with van der Waals surface area (Å²) in [6.45, 7) is 18.2. The Labute approximate surface area is 122 Å². The maximum Gasteiger partial charge on any atom is 0.0112 e. The van der Waals surface area contributed by atoms with E-state index in [1.807, 2.05) is 20.3 Å². The van der Waals surface area contributed by atoms with Crippen LogP contribution in [0.25, 0.3) is 0 Å². The predicted molar refractivity (Wildman–Crippen MR) is 64.2 cm³/mol. The minimum absolute atomic E-state index is 0. The Bertz CT molecular complexity index is 121. The van der Waals surface area contributed by atoms with E-state index >= 15 is 0 Å². The van der Waals surface area contributed by atoms with Crippen molar-refractivity contribution in [1.82, 2.24) is 9.80 Å². The Morgan fingerprint density at radius 1 is 1.13 bits per heavy atom. The molecule has 1 aliphatic heterocycles. The van der Waals surface area contributed by atoms with Crippen molar-refractivity contribution in [2.75, 3.05) is 32.7 Å². The summed E-state index contributed by atoms with van der Waals surface area (Å²) in [7, 11) is 0. The van der Waals surface area contributed by atoms with Crippen molar-refractivity contribution < 1.29 is 32.7 Å². The Morgan fingerprint density at radius 3 is 1.80 bits per heavy atom. The first kappa shape index (κ1) is 18.4. The van der Waals surface area contributed by atoms with Crippen LogP contribution in [0, 0.1) is 13.3 Å². The summed E-state index contributed by atoms with van der Waals surface area (Å²) in [6, 6.07) is 0.710. The van der Waals surface area contributed by atoms with Gasteiger partial charge < -0.3 is 18.2 Å². The maximum absolute atomic E-state index is 3.89. The van der Waals surface area contributed by atoms with Gasteiger partial charge in [0.15, 0.2) is 0 Å². The first-order valence-electron chi connectivity index (χ1n) is 5.65. The number of nitrogens with zero attached hydrogens (tertiary/aromatic N) is 2. The van der Waals surface area contributed by atoms with Gasteiger partial charge in [-0.3, -0.25) is 4.90 Å². The molecule has 1 aliphatic rings. The van der Waals surface area contributed by atoms with Crippen molar-refractivity contribution in [3.05, 3.63) is 13.3 Å². The van der Waals surface area contributed by atoms with Crippen molar-refractivity contribution in [1.29, 1.82) is 0 Å². The molecule has 0 aromatic rings. The quantitative estimate of drug-likeness (QED) is 0.717. The molecule has 0 amide bonds. The average Bonchev–Trinajstić information content (AvgIpc) is 2.19. The Hall–Kier alpha value is 1.02. The van der Waals surface area contributed by atoms with Gasteiger partial charge >= 0.3 is 0 Å². The second kappa shape index (κ2) is 11.5. The molecule has 0 N–H and O–H groups in total. The Kier molecular flexibility index (Phi) is 14.1. The molecule has 1 saturated heterocycles. The molecule has 1 rings (SSSR count). The van der Waals surface area contributed by atoms with Gasteiger partial charge in [-0.05, 0) is 13.8 Å². The van der Waals surface area contributed by atoms with E-state index in [1.165, 1.54) is 26.2 Å². The summed E-state index contributed by atoms with van der Waals surface area (Å²) in [5.74, 6) is 0. The second-order valence-corrected chi connectivity index (χ2v) is 4.05. The number of hydrogen-bond acceptors (Lipinski definition) is 2. The molecule has 0 aliphatic carbocycles. The SMILES string of the molecule is C[CH-]C.[CH2-]CN1CCN(C(C)C)CC1.[Y]. The third kappa shape index (κ3) is 8.79. The zero-order chi connectivity index (χ0) is 11.0. The van der Waals surface area contributed by atoms with Gasteiger partial charge in [0.2, 0.25) is 0 Å². The molecule has 1 radical (unpaired) electrons. The number of rotatable bonds is 2. The van der Waals surface area contributed by atoms with Crippen LogP contribution in [0.4, 0.5) is 0 Å². The zero-order valence-corrected chi connectivity index (χ0v) is 13.7. The van der Waals surface area contributed by atoms with Crippen LogP contribution in [0.5, 0.6) is 0 Å². The number of hydrogen-bond donors (Lipinski definition) is 0. The van der Waals surface area contributed by atoms with Crippen LogP contribution in [0.1, 0.15) is 27.7 Å². The van der Waals surface area contributed by atoms with Crippen LogP contribution in [-0.4, -0.2) is 48.6 Å². The molecule has 3 heteroatoms. The molecule has 89 valence electrons. The molecular weight excluding hydrogens is 261 g/mol. The molecule has 0 unspecified atom stereocenters. The van der Waals surface area contributed by atoms with Crippen molar-refractivity contribution in [3.8, 4) is 0 Å². The summed E-state index contributed by atoms with van der Waals surface area (Å²) in [4.78, 5) is 4.92. The minimum Gasteiger partial charge on any atom is -0.335 e. The molecule has 2 nitrogen and oxygen atoms in total. The fraction of sp³-hybridized carbons (Fsp3) is 0.833. The van der Waals surface area contributed by atoms with Crippen LogP contribution in [0.2, 0.25) is 0 Å². The van der Waals surface area contributed by atoms with E-state index in [4.69, 9.17) is 0 Å². The van der Waals surface area contributed by atoms with E-state index in [0.717, 1.165) is 6.54 Å². The molecule has 1 fully saturated rings. The maximum atomic E-state index is 3.89. The molecule has 0 bridgehead atoms. The Morgan fingerprint density at radius 2 is 1.53 bits per heavy atom. The van der Waals surface area contributed by atoms with Crippen molar-refractivity contribution in [2.24, 2.45) is 0 Å². The summed E-state index contributed by atoms with van der Waals surface area (Å²) >= 11 is 0. The Balaban J connectivity index is 0. The topological polar surface area (TPSA) is 6.48 Å². The largest absolute Gasteiger partial charge is 0.335 e. The van der Waals surface area contributed by atoms with Crippen molar-refractivity contribution in [2.45, 2.75) is 33.7 Å². The molecular formula is C12H26N2Y-2. The van der Waals surface area contributed by atoms with E-state index < -0.39 is 0 Å².